The average Bonchev–Trinajstić information content (AvgIpc) is 1.88. The first-order valence-electron chi connectivity index (χ1n) is 3.35. The van der Waals surface area contributed by atoms with Gasteiger partial charge >= 0.3 is 18.9 Å². The van der Waals surface area contributed by atoms with E-state index < -0.39 is 12.0 Å². The summed E-state index contributed by atoms with van der Waals surface area (Å²) in [5.41, 5.74) is 10.3. The van der Waals surface area contributed by atoms with Crippen LogP contribution >= 0.6 is 0 Å². The van der Waals surface area contributed by atoms with Gasteiger partial charge in [0.1, 0.15) is 0 Å². The van der Waals surface area contributed by atoms with Crippen molar-refractivity contribution in [3.05, 3.63) is 0 Å². The molecule has 4 nitrogen and oxygen atoms in total. The molecular weight excluding hydrogens is 139 g/mol. The molecule has 0 aliphatic rings. The minimum atomic E-state index is -1.18. The van der Waals surface area contributed by atoms with Crippen molar-refractivity contribution in [1.82, 2.24) is 0 Å². The van der Waals surface area contributed by atoms with Gasteiger partial charge in [0, 0.05) is 6.04 Å². The first-order valence-corrected chi connectivity index (χ1v) is 3.35. The number of hydrogen-bond acceptors (Lipinski definition) is 4. The zero-order chi connectivity index (χ0) is 7.98. The van der Waals surface area contributed by atoms with Crippen LogP contribution in [-0.2, 0) is 4.79 Å². The monoisotopic (exact) mass is 152 g/mol. The standard InChI is InChI=1S/C6H14N2O2.Li/c7-4-2-1-3-5(8)6(9)10;/h5H,1-4,7-8H2,(H,9,10);/q;+1/p-1/t5-;/m0./s1. The van der Waals surface area contributed by atoms with Crippen LogP contribution in [0.2, 0.25) is 0 Å². The molecule has 0 aliphatic heterocycles. The van der Waals surface area contributed by atoms with Crippen molar-refractivity contribution in [1.29, 1.82) is 0 Å². The molecule has 0 spiro atoms. The van der Waals surface area contributed by atoms with Gasteiger partial charge in [0.2, 0.25) is 0 Å². The maximum absolute atomic E-state index is 10.0. The smallest absolute Gasteiger partial charge is 0.548 e. The molecule has 0 unspecified atom stereocenters. The Hall–Kier alpha value is -0.0126. The minimum absolute atomic E-state index is 0. The Morgan fingerprint density at radius 1 is 1.45 bits per heavy atom. The summed E-state index contributed by atoms with van der Waals surface area (Å²) >= 11 is 0. The molecule has 11 heavy (non-hydrogen) atoms. The zero-order valence-corrected chi connectivity index (χ0v) is 6.88. The fraction of sp³-hybridized carbons (Fsp3) is 0.833. The van der Waals surface area contributed by atoms with Gasteiger partial charge in [-0.3, -0.25) is 0 Å². The van der Waals surface area contributed by atoms with Crippen molar-refractivity contribution in [2.45, 2.75) is 25.3 Å². The molecule has 0 saturated heterocycles. The van der Waals surface area contributed by atoms with Crippen molar-refractivity contribution >= 4 is 5.97 Å². The molecule has 0 aliphatic carbocycles. The third-order valence-electron chi connectivity index (χ3n) is 1.27. The summed E-state index contributed by atoms with van der Waals surface area (Å²) < 4.78 is 0. The Morgan fingerprint density at radius 2 is 2.00 bits per heavy atom. The quantitative estimate of drug-likeness (QED) is 0.305. The van der Waals surface area contributed by atoms with Crippen LogP contribution in [0, 0.1) is 0 Å². The van der Waals surface area contributed by atoms with E-state index in [0.717, 1.165) is 12.8 Å². The van der Waals surface area contributed by atoms with E-state index in [1.165, 1.54) is 0 Å². The van der Waals surface area contributed by atoms with Crippen molar-refractivity contribution in [3.63, 3.8) is 0 Å². The number of aliphatic carboxylic acids is 1. The van der Waals surface area contributed by atoms with Crippen LogP contribution in [0.5, 0.6) is 0 Å². The molecular formula is C6H13LiN2O2. The van der Waals surface area contributed by atoms with Gasteiger partial charge < -0.3 is 21.4 Å². The Bertz CT molecular complexity index is 111. The number of rotatable bonds is 5. The first-order chi connectivity index (χ1) is 4.68. The molecule has 0 saturated carbocycles. The van der Waals surface area contributed by atoms with Gasteiger partial charge in [-0.25, -0.2) is 0 Å². The molecule has 0 heterocycles. The third-order valence-corrected chi connectivity index (χ3v) is 1.27. The SMILES string of the molecule is NCCCC[C@H](N)C(=O)[O-].[Li+]. The van der Waals surface area contributed by atoms with Crippen LogP contribution in [0.4, 0.5) is 0 Å². The molecule has 0 amide bonds. The van der Waals surface area contributed by atoms with Crippen LogP contribution in [-0.4, -0.2) is 18.6 Å². The summed E-state index contributed by atoms with van der Waals surface area (Å²) in [6, 6.07) is -0.827. The number of hydrogen-bond donors (Lipinski definition) is 2. The molecule has 0 radical (unpaired) electrons. The van der Waals surface area contributed by atoms with Gasteiger partial charge in [-0.15, -0.1) is 0 Å². The van der Waals surface area contributed by atoms with Crippen LogP contribution in [0.1, 0.15) is 19.3 Å². The van der Waals surface area contributed by atoms with E-state index >= 15 is 0 Å². The molecule has 60 valence electrons. The number of nitrogens with two attached hydrogens (primary N) is 2. The van der Waals surface area contributed by atoms with E-state index in [1.807, 2.05) is 0 Å². The topological polar surface area (TPSA) is 92.2 Å². The summed E-state index contributed by atoms with van der Waals surface area (Å²) in [5, 5.41) is 10.0. The van der Waals surface area contributed by atoms with E-state index in [0.29, 0.717) is 13.0 Å². The van der Waals surface area contributed by atoms with Gasteiger partial charge in [0.05, 0.1) is 5.97 Å². The van der Waals surface area contributed by atoms with E-state index in [-0.39, 0.29) is 18.9 Å². The second-order valence-electron chi connectivity index (χ2n) is 2.21. The summed E-state index contributed by atoms with van der Waals surface area (Å²) in [6.07, 6.45) is 2.03. The Morgan fingerprint density at radius 3 is 2.36 bits per heavy atom. The molecule has 0 rings (SSSR count). The van der Waals surface area contributed by atoms with E-state index in [9.17, 15) is 9.90 Å². The van der Waals surface area contributed by atoms with Gasteiger partial charge in [0.25, 0.3) is 0 Å². The molecule has 0 aromatic heterocycles. The normalized spacial score (nSPS) is 11.8. The molecule has 1 atom stereocenters. The molecule has 4 N–H and O–H groups in total. The number of carboxylic acids is 1. The first kappa shape index (κ1) is 13.6. The third kappa shape index (κ3) is 7.89. The summed E-state index contributed by atoms with van der Waals surface area (Å²) in [6.45, 7) is 0.583. The maximum atomic E-state index is 10.0. The van der Waals surface area contributed by atoms with E-state index in [4.69, 9.17) is 11.5 Å². The van der Waals surface area contributed by atoms with Crippen LogP contribution in [0.15, 0.2) is 0 Å². The number of carboxylic acid groups (broad SMARTS) is 1. The van der Waals surface area contributed by atoms with Crippen molar-refractivity contribution < 1.29 is 28.8 Å². The molecule has 0 aromatic rings. The largest absolute Gasteiger partial charge is 1.00 e. The predicted molar refractivity (Wildman–Crippen MR) is 35.9 cm³/mol. The maximum Gasteiger partial charge on any atom is 1.00 e. The van der Waals surface area contributed by atoms with Gasteiger partial charge in [-0.05, 0) is 19.4 Å². The molecule has 0 aromatic carbocycles. The Balaban J connectivity index is 0. The zero-order valence-electron chi connectivity index (χ0n) is 6.88. The number of carbonyl (C=O) groups excluding carboxylic acids is 1. The Labute approximate surface area is 78.5 Å². The second-order valence-corrected chi connectivity index (χ2v) is 2.21. The van der Waals surface area contributed by atoms with Gasteiger partial charge in [0.15, 0.2) is 0 Å². The second kappa shape index (κ2) is 8.09. The summed E-state index contributed by atoms with van der Waals surface area (Å²) in [4.78, 5) is 10.0. The fourth-order valence-electron chi connectivity index (χ4n) is 0.626. The minimum Gasteiger partial charge on any atom is -0.548 e. The van der Waals surface area contributed by atoms with Crippen LogP contribution < -0.4 is 35.4 Å². The van der Waals surface area contributed by atoms with Crippen molar-refractivity contribution in [3.8, 4) is 0 Å². The predicted octanol–water partition coefficient (Wildman–Crippen LogP) is -4.80. The Kier molecular flexibility index (Phi) is 9.98. The molecule has 5 heteroatoms. The number of unbranched alkanes of at least 4 members (excludes halogenated alkanes) is 1. The van der Waals surface area contributed by atoms with Gasteiger partial charge in [-0.2, -0.15) is 0 Å². The molecule has 0 bridgehead atoms. The van der Waals surface area contributed by atoms with Crippen molar-refractivity contribution in [2.24, 2.45) is 11.5 Å². The van der Waals surface area contributed by atoms with E-state index in [2.05, 4.69) is 0 Å². The van der Waals surface area contributed by atoms with Crippen LogP contribution in [0.3, 0.4) is 0 Å². The average molecular weight is 152 g/mol. The van der Waals surface area contributed by atoms with Crippen molar-refractivity contribution in [2.75, 3.05) is 6.54 Å². The molecule has 0 fully saturated rings. The number of carbonyl (C=O) groups is 1. The fourth-order valence-corrected chi connectivity index (χ4v) is 0.626. The summed E-state index contributed by atoms with van der Waals surface area (Å²) in [5.74, 6) is -1.18. The van der Waals surface area contributed by atoms with E-state index in [1.54, 1.807) is 0 Å². The van der Waals surface area contributed by atoms with Crippen LogP contribution in [0.25, 0.3) is 0 Å². The van der Waals surface area contributed by atoms with Gasteiger partial charge in [-0.1, -0.05) is 6.42 Å². The summed E-state index contributed by atoms with van der Waals surface area (Å²) in [7, 11) is 0.